The minimum Gasteiger partial charge on any atom is -0.338 e. The highest BCUT2D eigenvalue weighted by atomic mass is 32.1. The van der Waals surface area contributed by atoms with Crippen LogP contribution in [0.2, 0.25) is 0 Å². The van der Waals surface area contributed by atoms with Gasteiger partial charge in [-0.3, -0.25) is 4.99 Å². The van der Waals surface area contributed by atoms with E-state index in [0.717, 1.165) is 21.7 Å². The maximum Gasteiger partial charge on any atom is 0.365 e. The summed E-state index contributed by atoms with van der Waals surface area (Å²) >= 11 is 1.55. The largest absolute Gasteiger partial charge is 0.365 e. The average Bonchev–Trinajstić information content (AvgIpc) is 3.21. The van der Waals surface area contributed by atoms with Crippen LogP contribution in [0.3, 0.4) is 0 Å². The summed E-state index contributed by atoms with van der Waals surface area (Å²) in [6.45, 7) is 0. The Balaban J connectivity index is 1.87. The van der Waals surface area contributed by atoms with Gasteiger partial charge in [-0.25, -0.2) is 9.95 Å². The number of rotatable bonds is 2. The lowest BCUT2D eigenvalue weighted by atomic mass is 10.0. The molecule has 0 radical (unpaired) electrons. The number of fused-ring (bicyclic) bond motifs is 1. The molecule has 0 fully saturated rings. The molecule has 3 heterocycles. The SMILES string of the molecule is O=c1o[nH]c(-c2cccs2)c1/C=C1/C=Nc2ccccc21. The van der Waals surface area contributed by atoms with Crippen LogP contribution in [-0.2, 0) is 0 Å². The van der Waals surface area contributed by atoms with Gasteiger partial charge in [0.2, 0.25) is 0 Å². The Morgan fingerprint density at radius 1 is 1.19 bits per heavy atom. The van der Waals surface area contributed by atoms with Crippen molar-refractivity contribution in [3.05, 3.63) is 63.3 Å². The third kappa shape index (κ3) is 1.98. The number of thiophene rings is 1. The quantitative estimate of drug-likeness (QED) is 0.778. The van der Waals surface area contributed by atoms with Crippen molar-refractivity contribution in [3.8, 4) is 10.6 Å². The minimum atomic E-state index is -0.372. The molecule has 102 valence electrons. The average molecular weight is 294 g/mol. The molecule has 4 nitrogen and oxygen atoms in total. The van der Waals surface area contributed by atoms with E-state index in [1.54, 1.807) is 17.6 Å². The number of para-hydroxylation sites is 1. The van der Waals surface area contributed by atoms with E-state index in [9.17, 15) is 4.79 Å². The molecule has 1 N–H and O–H groups in total. The monoisotopic (exact) mass is 294 g/mol. The Morgan fingerprint density at radius 2 is 2.10 bits per heavy atom. The molecule has 0 bridgehead atoms. The highest BCUT2D eigenvalue weighted by Gasteiger charge is 2.16. The van der Waals surface area contributed by atoms with Gasteiger partial charge in [-0.05, 0) is 23.6 Å². The molecule has 4 rings (SSSR count). The molecule has 0 unspecified atom stereocenters. The van der Waals surface area contributed by atoms with Crippen molar-refractivity contribution in [2.45, 2.75) is 0 Å². The lowest BCUT2D eigenvalue weighted by molar-refractivity contribution is 0.393. The van der Waals surface area contributed by atoms with Gasteiger partial charge in [0.25, 0.3) is 0 Å². The summed E-state index contributed by atoms with van der Waals surface area (Å²) in [5, 5.41) is 4.67. The Labute approximate surface area is 124 Å². The first kappa shape index (κ1) is 12.1. The van der Waals surface area contributed by atoms with Crippen LogP contribution in [0.15, 0.2) is 56.1 Å². The van der Waals surface area contributed by atoms with Crippen LogP contribution in [0.4, 0.5) is 5.69 Å². The van der Waals surface area contributed by atoms with Crippen LogP contribution in [-0.4, -0.2) is 11.4 Å². The van der Waals surface area contributed by atoms with Gasteiger partial charge in [-0.1, -0.05) is 24.3 Å². The van der Waals surface area contributed by atoms with Gasteiger partial charge in [-0.15, -0.1) is 11.3 Å². The molecule has 0 amide bonds. The van der Waals surface area contributed by atoms with Crippen molar-refractivity contribution in [1.82, 2.24) is 5.16 Å². The van der Waals surface area contributed by atoms with Gasteiger partial charge in [0, 0.05) is 17.4 Å². The predicted octanol–water partition coefficient (Wildman–Crippen LogP) is 3.95. The van der Waals surface area contributed by atoms with Gasteiger partial charge in [0.1, 0.15) is 5.69 Å². The lowest BCUT2D eigenvalue weighted by Crippen LogP contribution is -1.97. The Morgan fingerprint density at radius 3 is 2.95 bits per heavy atom. The molecule has 0 saturated carbocycles. The summed E-state index contributed by atoms with van der Waals surface area (Å²) in [5.74, 6) is 0. The molecule has 2 aromatic heterocycles. The fourth-order valence-corrected chi connectivity index (χ4v) is 3.08. The second-order valence-corrected chi connectivity index (χ2v) is 5.58. The molecule has 1 aromatic carbocycles. The standard InChI is InChI=1S/C16H10N2O2S/c19-16-12(15(18-20-16)14-6-3-7-21-14)8-10-9-17-13-5-2-1-4-11(10)13/h1-9,18H/b10-8-. The van der Waals surface area contributed by atoms with Crippen LogP contribution in [0, 0.1) is 0 Å². The van der Waals surface area contributed by atoms with E-state index in [-0.39, 0.29) is 5.63 Å². The first-order valence-electron chi connectivity index (χ1n) is 6.43. The topological polar surface area (TPSA) is 58.4 Å². The van der Waals surface area contributed by atoms with Gasteiger partial charge in [-0.2, -0.15) is 0 Å². The minimum absolute atomic E-state index is 0.372. The number of allylic oxidation sites excluding steroid dienone is 1. The van der Waals surface area contributed by atoms with E-state index >= 15 is 0 Å². The van der Waals surface area contributed by atoms with Crippen molar-refractivity contribution in [3.63, 3.8) is 0 Å². The number of hydrogen-bond acceptors (Lipinski definition) is 4. The van der Waals surface area contributed by atoms with Crippen LogP contribution in [0.5, 0.6) is 0 Å². The lowest BCUT2D eigenvalue weighted by Gasteiger charge is -1.98. The smallest absolute Gasteiger partial charge is 0.338 e. The van der Waals surface area contributed by atoms with Crippen LogP contribution in [0.1, 0.15) is 11.1 Å². The molecule has 1 aliphatic heterocycles. The summed E-state index contributed by atoms with van der Waals surface area (Å²) in [5.41, 5.74) is 3.71. The summed E-state index contributed by atoms with van der Waals surface area (Å²) in [4.78, 5) is 17.3. The highest BCUT2D eigenvalue weighted by Crippen LogP contribution is 2.33. The number of H-pyrrole nitrogens is 1. The Bertz CT molecular complexity index is 914. The number of benzene rings is 1. The number of nitrogens with one attached hydrogen (secondary N) is 1. The zero-order chi connectivity index (χ0) is 14.2. The molecular formula is C16H10N2O2S. The van der Waals surface area contributed by atoms with Crippen molar-refractivity contribution in [2.75, 3.05) is 0 Å². The van der Waals surface area contributed by atoms with Gasteiger partial charge >= 0.3 is 5.63 Å². The first-order chi connectivity index (χ1) is 10.3. The number of aromatic amines is 1. The fourth-order valence-electron chi connectivity index (χ4n) is 2.35. The molecule has 0 aliphatic carbocycles. The van der Waals surface area contributed by atoms with Crippen LogP contribution < -0.4 is 5.63 Å². The third-order valence-electron chi connectivity index (χ3n) is 3.36. The van der Waals surface area contributed by atoms with E-state index < -0.39 is 0 Å². The highest BCUT2D eigenvalue weighted by molar-refractivity contribution is 7.13. The molecule has 1 aliphatic rings. The normalized spacial score (nSPS) is 14.8. The van der Waals surface area contributed by atoms with Crippen molar-refractivity contribution in [2.24, 2.45) is 4.99 Å². The molecule has 3 aromatic rings. The van der Waals surface area contributed by atoms with Crippen molar-refractivity contribution >= 4 is 34.9 Å². The number of nitrogens with zero attached hydrogens (tertiary/aromatic N) is 1. The van der Waals surface area contributed by atoms with Gasteiger partial charge in [0.15, 0.2) is 0 Å². The van der Waals surface area contributed by atoms with E-state index in [2.05, 4.69) is 10.1 Å². The molecule has 0 saturated heterocycles. The number of hydrogen-bond donors (Lipinski definition) is 1. The maximum absolute atomic E-state index is 12.0. The molecule has 5 heteroatoms. The molecule has 0 atom stereocenters. The summed E-state index contributed by atoms with van der Waals surface area (Å²) in [6, 6.07) is 11.7. The zero-order valence-electron chi connectivity index (χ0n) is 10.9. The van der Waals surface area contributed by atoms with Crippen LogP contribution >= 0.6 is 11.3 Å². The zero-order valence-corrected chi connectivity index (χ0v) is 11.7. The Kier molecular flexibility index (Phi) is 2.72. The van der Waals surface area contributed by atoms with E-state index in [1.165, 1.54) is 0 Å². The predicted molar refractivity (Wildman–Crippen MR) is 85.1 cm³/mol. The van der Waals surface area contributed by atoms with E-state index in [4.69, 9.17) is 4.52 Å². The maximum atomic E-state index is 12.0. The summed E-state index contributed by atoms with van der Waals surface area (Å²) in [6.07, 6.45) is 3.60. The first-order valence-corrected chi connectivity index (χ1v) is 7.31. The molecule has 21 heavy (non-hydrogen) atoms. The van der Waals surface area contributed by atoms with Gasteiger partial charge < -0.3 is 4.52 Å². The molecule has 0 spiro atoms. The number of aromatic nitrogens is 1. The van der Waals surface area contributed by atoms with Crippen LogP contribution in [0.25, 0.3) is 22.2 Å². The second-order valence-electron chi connectivity index (χ2n) is 4.63. The second kappa shape index (κ2) is 4.71. The Hall–Kier alpha value is -2.66. The van der Waals surface area contributed by atoms with Crippen molar-refractivity contribution in [1.29, 1.82) is 0 Å². The van der Waals surface area contributed by atoms with Gasteiger partial charge in [0.05, 0.1) is 16.1 Å². The fraction of sp³-hybridized carbons (Fsp3) is 0. The van der Waals surface area contributed by atoms with E-state index in [0.29, 0.717) is 11.3 Å². The number of aliphatic imine (C=N–C) groups is 1. The molecular weight excluding hydrogens is 284 g/mol. The summed E-state index contributed by atoms with van der Waals surface area (Å²) < 4.78 is 4.95. The van der Waals surface area contributed by atoms with Crippen molar-refractivity contribution < 1.29 is 4.52 Å². The third-order valence-corrected chi connectivity index (χ3v) is 4.25. The summed E-state index contributed by atoms with van der Waals surface area (Å²) in [7, 11) is 0. The van der Waals surface area contributed by atoms with E-state index in [1.807, 2.05) is 47.9 Å².